The zero-order chi connectivity index (χ0) is 21.1. The van der Waals surface area contributed by atoms with Crippen LogP contribution in [0, 0.1) is 12.8 Å². The lowest BCUT2D eigenvalue weighted by Gasteiger charge is -2.14. The Hall–Kier alpha value is -2.60. The normalized spacial score (nSPS) is 14.2. The van der Waals surface area contributed by atoms with Crippen LogP contribution in [0.5, 0.6) is 0 Å². The van der Waals surface area contributed by atoms with Crippen molar-refractivity contribution in [2.45, 2.75) is 45.6 Å². The molecule has 3 N–H and O–H groups in total. The minimum Gasteiger partial charge on any atom is -0.369 e. The Morgan fingerprint density at radius 2 is 1.87 bits per heavy atom. The molecule has 0 aliphatic heterocycles. The zero-order valence-electron chi connectivity index (χ0n) is 17.2. The maximum Gasteiger partial charge on any atom is 0.244 e. The molecule has 1 fully saturated rings. The van der Waals surface area contributed by atoms with E-state index < -0.39 is 0 Å². The number of rotatable bonds is 6. The van der Waals surface area contributed by atoms with Gasteiger partial charge in [0.15, 0.2) is 0 Å². The third-order valence-electron chi connectivity index (χ3n) is 5.79. The maximum atomic E-state index is 12.8. The highest BCUT2D eigenvalue weighted by molar-refractivity contribution is 9.10. The van der Waals surface area contributed by atoms with E-state index in [1.165, 1.54) is 25.7 Å². The minimum absolute atomic E-state index is 0.119. The van der Waals surface area contributed by atoms with Crippen molar-refractivity contribution in [3.63, 3.8) is 0 Å². The summed E-state index contributed by atoms with van der Waals surface area (Å²) in [6.07, 6.45) is 5.92. The molecule has 1 aliphatic rings. The van der Waals surface area contributed by atoms with Crippen molar-refractivity contribution < 1.29 is 4.79 Å². The third kappa shape index (κ3) is 4.59. The summed E-state index contributed by atoms with van der Waals surface area (Å²) >= 11 is 3.67. The number of aromatic nitrogens is 2. The van der Waals surface area contributed by atoms with Gasteiger partial charge >= 0.3 is 0 Å². The molecule has 0 unspecified atom stereocenters. The van der Waals surface area contributed by atoms with Crippen LogP contribution < -0.4 is 11.1 Å². The summed E-state index contributed by atoms with van der Waals surface area (Å²) in [7, 11) is 0. The second-order valence-electron chi connectivity index (χ2n) is 8.10. The molecule has 156 valence electrons. The molecule has 6 heteroatoms. The van der Waals surface area contributed by atoms with E-state index in [-0.39, 0.29) is 12.5 Å². The van der Waals surface area contributed by atoms with Gasteiger partial charge in [-0.05, 0) is 37.5 Å². The SMILES string of the molecule is Cc1ccc(NC(=O)Cn2c(N)nc(CC3CCCC3)c2-c2ccccc2Br)cc1. The number of anilines is 2. The topological polar surface area (TPSA) is 72.9 Å². The van der Waals surface area contributed by atoms with E-state index >= 15 is 0 Å². The number of aryl methyl sites for hydroxylation is 1. The van der Waals surface area contributed by atoms with Crippen molar-refractivity contribution in [2.75, 3.05) is 11.1 Å². The van der Waals surface area contributed by atoms with Gasteiger partial charge in [-0.25, -0.2) is 4.98 Å². The summed E-state index contributed by atoms with van der Waals surface area (Å²) in [5, 5.41) is 2.97. The second-order valence-corrected chi connectivity index (χ2v) is 8.95. The fraction of sp³-hybridized carbons (Fsp3) is 0.333. The monoisotopic (exact) mass is 466 g/mol. The number of amides is 1. The van der Waals surface area contributed by atoms with E-state index in [0.29, 0.717) is 11.9 Å². The Morgan fingerprint density at radius 3 is 2.57 bits per heavy atom. The van der Waals surface area contributed by atoms with Gasteiger partial charge in [0.25, 0.3) is 0 Å². The first kappa shape index (κ1) is 20.7. The molecule has 1 amide bonds. The van der Waals surface area contributed by atoms with Crippen molar-refractivity contribution in [2.24, 2.45) is 5.92 Å². The summed E-state index contributed by atoms with van der Waals surface area (Å²) in [5.74, 6) is 0.895. The third-order valence-corrected chi connectivity index (χ3v) is 6.48. The van der Waals surface area contributed by atoms with Crippen LogP contribution >= 0.6 is 15.9 Å². The number of nitrogens with zero attached hydrogens (tertiary/aromatic N) is 2. The number of hydrogen-bond acceptors (Lipinski definition) is 3. The first-order chi connectivity index (χ1) is 14.5. The van der Waals surface area contributed by atoms with E-state index in [1.807, 2.05) is 60.0 Å². The molecule has 3 aromatic rings. The van der Waals surface area contributed by atoms with E-state index in [0.717, 1.165) is 39.1 Å². The average Bonchev–Trinajstić information content (AvgIpc) is 3.33. The number of imidazole rings is 1. The lowest BCUT2D eigenvalue weighted by atomic mass is 9.98. The van der Waals surface area contributed by atoms with Crippen molar-refractivity contribution in [3.05, 3.63) is 64.3 Å². The summed E-state index contributed by atoms with van der Waals surface area (Å²) in [6.45, 7) is 2.14. The highest BCUT2D eigenvalue weighted by Gasteiger charge is 2.24. The van der Waals surface area contributed by atoms with Crippen LogP contribution in [-0.4, -0.2) is 15.5 Å². The van der Waals surface area contributed by atoms with E-state index in [2.05, 4.69) is 21.2 Å². The molecule has 5 nitrogen and oxygen atoms in total. The molecule has 1 aliphatic carbocycles. The van der Waals surface area contributed by atoms with Gasteiger partial charge in [-0.2, -0.15) is 0 Å². The fourth-order valence-electron chi connectivity index (χ4n) is 4.25. The maximum absolute atomic E-state index is 12.8. The van der Waals surface area contributed by atoms with Crippen molar-refractivity contribution in [1.82, 2.24) is 9.55 Å². The Kier molecular flexibility index (Phi) is 6.23. The van der Waals surface area contributed by atoms with Crippen molar-refractivity contribution >= 4 is 33.5 Å². The molecule has 0 bridgehead atoms. The van der Waals surface area contributed by atoms with Gasteiger partial charge in [0.05, 0.1) is 11.4 Å². The molecule has 30 heavy (non-hydrogen) atoms. The first-order valence-electron chi connectivity index (χ1n) is 10.5. The van der Waals surface area contributed by atoms with Crippen LogP contribution in [0.15, 0.2) is 53.0 Å². The molecule has 0 radical (unpaired) electrons. The molecule has 1 saturated carbocycles. The number of benzene rings is 2. The predicted octanol–water partition coefficient (Wildman–Crippen LogP) is 5.57. The average molecular weight is 467 g/mol. The highest BCUT2D eigenvalue weighted by atomic mass is 79.9. The van der Waals surface area contributed by atoms with Gasteiger partial charge in [0, 0.05) is 15.7 Å². The van der Waals surface area contributed by atoms with Gasteiger partial charge in [0.2, 0.25) is 11.9 Å². The van der Waals surface area contributed by atoms with Gasteiger partial charge in [0.1, 0.15) is 6.54 Å². The van der Waals surface area contributed by atoms with Crippen LogP contribution in [0.25, 0.3) is 11.3 Å². The number of nitrogens with two attached hydrogens (primary N) is 1. The van der Waals surface area contributed by atoms with Crippen molar-refractivity contribution in [3.8, 4) is 11.3 Å². The molecular formula is C24H27BrN4O. The Balaban J connectivity index is 1.65. The fourth-order valence-corrected chi connectivity index (χ4v) is 4.72. The molecule has 1 heterocycles. The minimum atomic E-state index is -0.122. The number of carbonyl (C=O) groups excluding carboxylic acids is 1. The van der Waals surface area contributed by atoms with Crippen LogP contribution in [0.3, 0.4) is 0 Å². The molecule has 2 aromatic carbocycles. The summed E-state index contributed by atoms with van der Waals surface area (Å²) < 4.78 is 2.81. The number of carbonyl (C=O) groups is 1. The van der Waals surface area contributed by atoms with Crippen LogP contribution in [0.1, 0.15) is 36.9 Å². The van der Waals surface area contributed by atoms with Crippen molar-refractivity contribution in [1.29, 1.82) is 0 Å². The number of nitrogen functional groups attached to an aromatic ring is 1. The number of halogens is 1. The molecule has 0 spiro atoms. The van der Waals surface area contributed by atoms with Gasteiger partial charge < -0.3 is 15.6 Å². The largest absolute Gasteiger partial charge is 0.369 e. The number of nitrogens with one attached hydrogen (secondary N) is 1. The Morgan fingerprint density at radius 1 is 1.17 bits per heavy atom. The lowest BCUT2D eigenvalue weighted by Crippen LogP contribution is -2.20. The summed E-state index contributed by atoms with van der Waals surface area (Å²) in [5.41, 5.74) is 11.2. The standard InChI is InChI=1S/C24H27BrN4O/c1-16-10-12-18(13-11-16)27-22(30)15-29-23(19-8-4-5-9-20(19)25)21(28-24(29)26)14-17-6-2-3-7-17/h4-5,8-13,17H,2-3,6-7,14-15H2,1H3,(H2,26,28)(H,27,30). The lowest BCUT2D eigenvalue weighted by molar-refractivity contribution is -0.116. The molecule has 0 atom stereocenters. The zero-order valence-corrected chi connectivity index (χ0v) is 18.8. The second kappa shape index (κ2) is 9.04. The van der Waals surface area contributed by atoms with Crippen LogP contribution in [0.4, 0.5) is 11.6 Å². The smallest absolute Gasteiger partial charge is 0.244 e. The van der Waals surface area contributed by atoms with Crippen LogP contribution in [-0.2, 0) is 17.8 Å². The van der Waals surface area contributed by atoms with Crippen LogP contribution in [0.2, 0.25) is 0 Å². The molecule has 0 saturated heterocycles. The van der Waals surface area contributed by atoms with Gasteiger partial charge in [-0.15, -0.1) is 0 Å². The quantitative estimate of drug-likeness (QED) is 0.498. The first-order valence-corrected chi connectivity index (χ1v) is 11.3. The summed E-state index contributed by atoms with van der Waals surface area (Å²) in [6, 6.07) is 15.8. The van der Waals surface area contributed by atoms with Gasteiger partial charge in [-0.3, -0.25) is 4.79 Å². The van der Waals surface area contributed by atoms with Gasteiger partial charge in [-0.1, -0.05) is 77.5 Å². The Bertz CT molecular complexity index is 1040. The molecule has 1 aromatic heterocycles. The van der Waals surface area contributed by atoms with E-state index in [9.17, 15) is 4.79 Å². The molecule has 4 rings (SSSR count). The number of hydrogen-bond donors (Lipinski definition) is 2. The Labute approximate surface area is 185 Å². The summed E-state index contributed by atoms with van der Waals surface area (Å²) in [4.78, 5) is 17.5. The predicted molar refractivity (Wildman–Crippen MR) is 125 cm³/mol. The van der Waals surface area contributed by atoms with E-state index in [4.69, 9.17) is 10.7 Å². The molecular weight excluding hydrogens is 440 g/mol. The highest BCUT2D eigenvalue weighted by Crippen LogP contribution is 2.36. The van der Waals surface area contributed by atoms with E-state index in [1.54, 1.807) is 0 Å².